The lowest BCUT2D eigenvalue weighted by Crippen LogP contribution is -2.31. The smallest absolute Gasteiger partial charge is 0.237 e. The van der Waals surface area contributed by atoms with E-state index in [2.05, 4.69) is 12.2 Å². The van der Waals surface area contributed by atoms with Gasteiger partial charge in [-0.3, -0.25) is 4.79 Å². The van der Waals surface area contributed by atoms with Gasteiger partial charge in [-0.05, 0) is 31.4 Å². The summed E-state index contributed by atoms with van der Waals surface area (Å²) < 4.78 is 5.85. The van der Waals surface area contributed by atoms with Crippen molar-refractivity contribution in [3.05, 3.63) is 29.8 Å². The van der Waals surface area contributed by atoms with Gasteiger partial charge in [0.2, 0.25) is 5.91 Å². The molecule has 21 heavy (non-hydrogen) atoms. The highest BCUT2D eigenvalue weighted by Crippen LogP contribution is 2.18. The van der Waals surface area contributed by atoms with Crippen LogP contribution in [0.1, 0.15) is 45.1 Å². The number of unbranched alkanes of at least 4 members (excludes halogenated alkanes) is 3. The Hall–Kier alpha value is -1.22. The monoisotopic (exact) mass is 311 g/mol. The molecule has 0 radical (unpaired) electrons. The normalized spacial score (nSPS) is 12.0. The van der Waals surface area contributed by atoms with E-state index in [1.54, 1.807) is 6.92 Å². The molecule has 0 aliphatic heterocycles. The first kappa shape index (κ1) is 17.8. The van der Waals surface area contributed by atoms with Crippen molar-refractivity contribution in [2.45, 2.75) is 51.3 Å². The van der Waals surface area contributed by atoms with Crippen LogP contribution in [0.3, 0.4) is 0 Å². The molecule has 3 nitrogen and oxygen atoms in total. The Kier molecular flexibility index (Phi) is 8.91. The predicted molar refractivity (Wildman–Crippen MR) is 88.1 cm³/mol. The maximum atomic E-state index is 11.4. The lowest BCUT2D eigenvalue weighted by Gasteiger charge is -2.12. The van der Waals surface area contributed by atoms with Gasteiger partial charge in [0.1, 0.15) is 11.1 Å². The van der Waals surface area contributed by atoms with Crippen LogP contribution in [0.25, 0.3) is 0 Å². The summed E-state index contributed by atoms with van der Waals surface area (Å²) in [6.07, 6.45) is 5.54. The number of rotatable bonds is 10. The van der Waals surface area contributed by atoms with E-state index in [1.165, 1.54) is 19.3 Å². The number of alkyl halides is 1. The molecular formula is C17H26ClNO2. The fraction of sp³-hybridized carbons (Fsp3) is 0.588. The molecule has 0 saturated heterocycles. The van der Waals surface area contributed by atoms with Gasteiger partial charge in [-0.2, -0.15) is 0 Å². The molecule has 0 spiro atoms. The summed E-state index contributed by atoms with van der Waals surface area (Å²) in [5, 5.41) is 2.32. The summed E-state index contributed by atoms with van der Waals surface area (Å²) in [6.45, 7) is 5.20. The van der Waals surface area contributed by atoms with Crippen molar-refractivity contribution >= 4 is 17.5 Å². The van der Waals surface area contributed by atoms with Gasteiger partial charge >= 0.3 is 0 Å². The third-order valence-electron chi connectivity index (χ3n) is 3.28. The largest absolute Gasteiger partial charge is 0.493 e. The second-order valence-electron chi connectivity index (χ2n) is 5.17. The molecule has 0 bridgehead atoms. The summed E-state index contributed by atoms with van der Waals surface area (Å²) in [7, 11) is 0. The lowest BCUT2D eigenvalue weighted by atomic mass is 10.1. The summed E-state index contributed by atoms with van der Waals surface area (Å²) in [6, 6.07) is 7.99. The Morgan fingerprint density at radius 2 is 2.05 bits per heavy atom. The summed E-state index contributed by atoms with van der Waals surface area (Å²) in [5.74, 6) is 0.789. The Morgan fingerprint density at radius 1 is 1.29 bits per heavy atom. The van der Waals surface area contributed by atoms with E-state index in [-0.39, 0.29) is 5.91 Å². The van der Waals surface area contributed by atoms with Gasteiger partial charge in [-0.25, -0.2) is 0 Å². The molecule has 0 saturated carbocycles. The van der Waals surface area contributed by atoms with Crippen molar-refractivity contribution in [2.75, 3.05) is 13.2 Å². The Balaban J connectivity index is 2.38. The number of amides is 1. The number of halogens is 1. The van der Waals surface area contributed by atoms with Gasteiger partial charge in [0, 0.05) is 6.54 Å². The fourth-order valence-corrected chi connectivity index (χ4v) is 2.10. The maximum absolute atomic E-state index is 11.4. The SMILES string of the molecule is CCCCCCOc1ccccc1CCNC(=O)C(C)Cl. The Bertz CT molecular complexity index is 421. The zero-order valence-electron chi connectivity index (χ0n) is 13.0. The minimum Gasteiger partial charge on any atom is -0.493 e. The Labute approximate surface area is 133 Å². The number of benzene rings is 1. The molecule has 0 aliphatic rings. The first-order valence-electron chi connectivity index (χ1n) is 7.77. The number of carbonyl (C=O) groups excluding carboxylic acids is 1. The van der Waals surface area contributed by atoms with E-state index in [0.29, 0.717) is 6.54 Å². The van der Waals surface area contributed by atoms with E-state index < -0.39 is 5.38 Å². The number of para-hydroxylation sites is 1. The second-order valence-corrected chi connectivity index (χ2v) is 5.83. The molecule has 1 aromatic carbocycles. The number of ether oxygens (including phenoxy) is 1. The molecule has 1 amide bonds. The summed E-state index contributed by atoms with van der Waals surface area (Å²) in [5.41, 5.74) is 1.12. The molecule has 1 aromatic rings. The molecular weight excluding hydrogens is 286 g/mol. The standard InChI is InChI=1S/C17H26ClNO2/c1-3-4-5-8-13-21-16-10-7-6-9-15(16)11-12-19-17(20)14(2)18/h6-7,9-10,14H,3-5,8,11-13H2,1-2H3,(H,19,20). The molecule has 1 N–H and O–H groups in total. The van der Waals surface area contributed by atoms with Crippen molar-refractivity contribution in [1.29, 1.82) is 0 Å². The van der Waals surface area contributed by atoms with E-state index >= 15 is 0 Å². The van der Waals surface area contributed by atoms with Crippen molar-refractivity contribution in [3.8, 4) is 5.75 Å². The third kappa shape index (κ3) is 7.37. The van der Waals surface area contributed by atoms with Gasteiger partial charge in [0.15, 0.2) is 0 Å². The molecule has 0 aliphatic carbocycles. The van der Waals surface area contributed by atoms with Crippen LogP contribution in [0.2, 0.25) is 0 Å². The van der Waals surface area contributed by atoms with Crippen LogP contribution in [0.15, 0.2) is 24.3 Å². The molecule has 1 atom stereocenters. The van der Waals surface area contributed by atoms with E-state index in [4.69, 9.17) is 16.3 Å². The second kappa shape index (κ2) is 10.5. The molecule has 0 aromatic heterocycles. The molecule has 4 heteroatoms. The first-order valence-corrected chi connectivity index (χ1v) is 8.21. The minimum atomic E-state index is -0.491. The van der Waals surface area contributed by atoms with Crippen molar-refractivity contribution < 1.29 is 9.53 Å². The third-order valence-corrected chi connectivity index (χ3v) is 3.48. The number of carbonyl (C=O) groups is 1. The quantitative estimate of drug-likeness (QED) is 0.525. The highest BCUT2D eigenvalue weighted by molar-refractivity contribution is 6.30. The van der Waals surface area contributed by atoms with Crippen LogP contribution < -0.4 is 10.1 Å². The van der Waals surface area contributed by atoms with Crippen LogP contribution in [0.5, 0.6) is 5.75 Å². The van der Waals surface area contributed by atoms with Gasteiger partial charge in [0.25, 0.3) is 0 Å². The average Bonchev–Trinajstić information content (AvgIpc) is 2.48. The maximum Gasteiger partial charge on any atom is 0.237 e. The summed E-state index contributed by atoms with van der Waals surface area (Å²) in [4.78, 5) is 11.4. The number of hydrogen-bond acceptors (Lipinski definition) is 2. The zero-order chi connectivity index (χ0) is 15.5. The molecule has 1 rings (SSSR count). The molecule has 0 heterocycles. The van der Waals surface area contributed by atoms with Crippen molar-refractivity contribution in [1.82, 2.24) is 5.32 Å². The van der Waals surface area contributed by atoms with E-state index in [0.717, 1.165) is 30.8 Å². The minimum absolute atomic E-state index is 0.130. The van der Waals surface area contributed by atoms with Crippen molar-refractivity contribution in [2.24, 2.45) is 0 Å². The van der Waals surface area contributed by atoms with Crippen LogP contribution in [-0.2, 0) is 11.2 Å². The van der Waals surface area contributed by atoms with Gasteiger partial charge in [-0.15, -0.1) is 11.6 Å². The average molecular weight is 312 g/mol. The number of hydrogen-bond donors (Lipinski definition) is 1. The Morgan fingerprint density at radius 3 is 2.76 bits per heavy atom. The van der Waals surface area contributed by atoms with Gasteiger partial charge < -0.3 is 10.1 Å². The van der Waals surface area contributed by atoms with Crippen LogP contribution in [0.4, 0.5) is 0 Å². The topological polar surface area (TPSA) is 38.3 Å². The van der Waals surface area contributed by atoms with E-state index in [9.17, 15) is 4.79 Å². The van der Waals surface area contributed by atoms with Crippen molar-refractivity contribution in [3.63, 3.8) is 0 Å². The van der Waals surface area contributed by atoms with E-state index in [1.807, 2.05) is 24.3 Å². The molecule has 0 fully saturated rings. The fourth-order valence-electron chi connectivity index (χ4n) is 2.02. The van der Waals surface area contributed by atoms with Crippen LogP contribution in [0, 0.1) is 0 Å². The first-order chi connectivity index (χ1) is 10.1. The van der Waals surface area contributed by atoms with Crippen LogP contribution in [-0.4, -0.2) is 24.4 Å². The molecule has 1 unspecified atom stereocenters. The predicted octanol–water partition coefficient (Wildman–Crippen LogP) is 3.93. The molecule has 118 valence electrons. The lowest BCUT2D eigenvalue weighted by molar-refractivity contribution is -0.120. The highest BCUT2D eigenvalue weighted by Gasteiger charge is 2.08. The number of nitrogens with one attached hydrogen (secondary N) is 1. The van der Waals surface area contributed by atoms with Gasteiger partial charge in [0.05, 0.1) is 6.61 Å². The highest BCUT2D eigenvalue weighted by atomic mass is 35.5. The zero-order valence-corrected chi connectivity index (χ0v) is 13.8. The van der Waals surface area contributed by atoms with Gasteiger partial charge in [-0.1, -0.05) is 44.4 Å². The van der Waals surface area contributed by atoms with Crippen LogP contribution >= 0.6 is 11.6 Å². The summed E-state index contributed by atoms with van der Waals surface area (Å²) >= 11 is 5.71.